The van der Waals surface area contributed by atoms with E-state index in [1.807, 2.05) is 0 Å². The van der Waals surface area contributed by atoms with E-state index in [1.165, 1.54) is 31.3 Å². The fourth-order valence-electron chi connectivity index (χ4n) is 2.31. The first-order valence-corrected chi connectivity index (χ1v) is 8.05. The van der Waals surface area contributed by atoms with Crippen molar-refractivity contribution in [1.82, 2.24) is 25.5 Å². The molecule has 28 heavy (non-hydrogen) atoms. The number of ether oxygens (including phenoxy) is 1. The van der Waals surface area contributed by atoms with Crippen LogP contribution in [-0.4, -0.2) is 39.5 Å². The molecular formula is C17H15F3N6O2. The number of tetrazole rings is 1. The lowest BCUT2D eigenvalue weighted by molar-refractivity contribution is -0.274. The van der Waals surface area contributed by atoms with Crippen LogP contribution in [0.2, 0.25) is 0 Å². The second-order valence-corrected chi connectivity index (χ2v) is 5.56. The molecule has 146 valence electrons. The lowest BCUT2D eigenvalue weighted by Gasteiger charge is -2.12. The van der Waals surface area contributed by atoms with Gasteiger partial charge in [-0.3, -0.25) is 4.79 Å². The molecule has 0 radical (unpaired) electrons. The number of halogens is 3. The molecule has 0 unspecified atom stereocenters. The molecule has 0 saturated heterocycles. The third kappa shape index (κ3) is 4.96. The molecule has 8 nitrogen and oxygen atoms in total. The van der Waals surface area contributed by atoms with Gasteiger partial charge >= 0.3 is 6.36 Å². The van der Waals surface area contributed by atoms with Crippen LogP contribution >= 0.6 is 0 Å². The summed E-state index contributed by atoms with van der Waals surface area (Å²) in [6, 6.07) is 12.4. The van der Waals surface area contributed by atoms with Crippen molar-refractivity contribution in [3.05, 3.63) is 48.5 Å². The Morgan fingerprint density at radius 2 is 1.86 bits per heavy atom. The summed E-state index contributed by atoms with van der Waals surface area (Å²) in [5, 5.41) is 17.5. The summed E-state index contributed by atoms with van der Waals surface area (Å²) in [5.41, 5.74) is 1.77. The van der Waals surface area contributed by atoms with Gasteiger partial charge in [-0.25, -0.2) is 0 Å². The zero-order valence-electron chi connectivity index (χ0n) is 14.6. The predicted molar refractivity (Wildman–Crippen MR) is 93.7 cm³/mol. The Morgan fingerprint density at radius 3 is 2.54 bits per heavy atom. The topological polar surface area (TPSA) is 94.0 Å². The minimum Gasteiger partial charge on any atom is -0.406 e. The Morgan fingerprint density at radius 1 is 1.14 bits per heavy atom. The zero-order chi connectivity index (χ0) is 20.1. The molecule has 0 aliphatic carbocycles. The average molecular weight is 392 g/mol. The zero-order valence-corrected chi connectivity index (χ0v) is 14.6. The first-order valence-electron chi connectivity index (χ1n) is 8.05. The minimum absolute atomic E-state index is 0.0697. The Bertz CT molecular complexity index is 956. The molecule has 0 bridgehead atoms. The molecule has 0 aliphatic rings. The first-order chi connectivity index (χ1) is 13.3. The molecule has 2 N–H and O–H groups in total. The van der Waals surface area contributed by atoms with Gasteiger partial charge in [0.05, 0.1) is 0 Å². The molecule has 11 heteroatoms. The lowest BCUT2D eigenvalue weighted by atomic mass is 10.1. The maximum Gasteiger partial charge on any atom is 0.573 e. The molecule has 0 aliphatic heterocycles. The van der Waals surface area contributed by atoms with Crippen LogP contribution in [0, 0.1) is 0 Å². The number of alkyl halides is 3. The number of nitrogens with one attached hydrogen (secondary N) is 2. The summed E-state index contributed by atoms with van der Waals surface area (Å²) in [5.74, 6) is -0.286. The molecule has 1 heterocycles. The lowest BCUT2D eigenvalue weighted by Crippen LogP contribution is -2.24. The summed E-state index contributed by atoms with van der Waals surface area (Å²) >= 11 is 0. The Balaban J connectivity index is 1.78. The second kappa shape index (κ2) is 7.94. The van der Waals surface area contributed by atoms with Crippen molar-refractivity contribution in [2.45, 2.75) is 12.9 Å². The molecule has 0 atom stereocenters. The van der Waals surface area contributed by atoms with Crippen LogP contribution in [-0.2, 0) is 11.3 Å². The maximum atomic E-state index is 12.2. The number of para-hydroxylation sites is 1. The average Bonchev–Trinajstić information content (AvgIpc) is 3.10. The van der Waals surface area contributed by atoms with Crippen molar-refractivity contribution < 1.29 is 22.7 Å². The van der Waals surface area contributed by atoms with Gasteiger partial charge in [-0.15, -0.1) is 23.4 Å². The highest BCUT2D eigenvalue weighted by atomic mass is 19.4. The molecule has 0 spiro atoms. The second-order valence-electron chi connectivity index (χ2n) is 5.56. The number of carbonyl (C=O) groups is 1. The molecular weight excluding hydrogens is 377 g/mol. The van der Waals surface area contributed by atoms with Crippen LogP contribution in [0.3, 0.4) is 0 Å². The van der Waals surface area contributed by atoms with Gasteiger partial charge in [0.1, 0.15) is 12.3 Å². The van der Waals surface area contributed by atoms with Crippen LogP contribution in [0.25, 0.3) is 11.4 Å². The standard InChI is InChI=1S/C17H15F3N6O2/c1-21-15(27)10-26-24-16(23-25-26)13-4-2-3-5-14(13)22-11-6-8-12(9-7-11)28-17(18,19)20/h2-9,22H,10H2,1H3,(H,21,27). The van der Waals surface area contributed by atoms with E-state index in [9.17, 15) is 18.0 Å². The van der Waals surface area contributed by atoms with Crippen molar-refractivity contribution in [2.75, 3.05) is 12.4 Å². The van der Waals surface area contributed by atoms with E-state index >= 15 is 0 Å². The highest BCUT2D eigenvalue weighted by molar-refractivity contribution is 5.77. The molecule has 1 aromatic heterocycles. The van der Waals surface area contributed by atoms with Gasteiger partial charge in [-0.05, 0) is 41.6 Å². The fourth-order valence-corrected chi connectivity index (χ4v) is 2.31. The third-order valence-electron chi connectivity index (χ3n) is 3.55. The summed E-state index contributed by atoms with van der Waals surface area (Å²) in [6.07, 6.45) is -4.74. The van der Waals surface area contributed by atoms with E-state index in [-0.39, 0.29) is 18.2 Å². The monoisotopic (exact) mass is 392 g/mol. The number of carbonyl (C=O) groups excluding carboxylic acids is 1. The van der Waals surface area contributed by atoms with E-state index in [4.69, 9.17) is 0 Å². The first kappa shape index (κ1) is 19.1. The van der Waals surface area contributed by atoms with Gasteiger partial charge in [0, 0.05) is 24.0 Å². The van der Waals surface area contributed by atoms with E-state index < -0.39 is 6.36 Å². The van der Waals surface area contributed by atoms with Crippen LogP contribution in [0.15, 0.2) is 48.5 Å². The van der Waals surface area contributed by atoms with Crippen LogP contribution < -0.4 is 15.4 Å². The van der Waals surface area contributed by atoms with Gasteiger partial charge in [0.2, 0.25) is 11.7 Å². The van der Waals surface area contributed by atoms with Crippen LogP contribution in [0.1, 0.15) is 0 Å². The smallest absolute Gasteiger partial charge is 0.406 e. The van der Waals surface area contributed by atoms with Gasteiger partial charge in [-0.2, -0.15) is 4.80 Å². The van der Waals surface area contributed by atoms with E-state index in [0.29, 0.717) is 22.8 Å². The number of anilines is 2. The molecule has 0 fully saturated rings. The normalized spacial score (nSPS) is 11.1. The minimum atomic E-state index is -4.74. The quantitative estimate of drug-likeness (QED) is 0.670. The van der Waals surface area contributed by atoms with Gasteiger partial charge in [0.25, 0.3) is 0 Å². The highest BCUT2D eigenvalue weighted by Crippen LogP contribution is 2.29. The van der Waals surface area contributed by atoms with Crippen molar-refractivity contribution in [2.24, 2.45) is 0 Å². The number of hydrogen-bond donors (Lipinski definition) is 2. The summed E-state index contributed by atoms with van der Waals surface area (Å²) in [7, 11) is 1.50. The fraction of sp³-hybridized carbons (Fsp3) is 0.176. The largest absolute Gasteiger partial charge is 0.573 e. The van der Waals surface area contributed by atoms with Gasteiger partial charge < -0.3 is 15.4 Å². The number of aromatic nitrogens is 4. The maximum absolute atomic E-state index is 12.2. The van der Waals surface area contributed by atoms with Crippen molar-refractivity contribution >= 4 is 17.3 Å². The van der Waals surface area contributed by atoms with Crippen molar-refractivity contribution in [3.63, 3.8) is 0 Å². The molecule has 1 amide bonds. The molecule has 2 aromatic carbocycles. The van der Waals surface area contributed by atoms with Crippen molar-refractivity contribution in [3.8, 4) is 17.1 Å². The summed E-state index contributed by atoms with van der Waals surface area (Å²) in [6.45, 7) is -0.0697. The summed E-state index contributed by atoms with van der Waals surface area (Å²) < 4.78 is 40.6. The number of rotatable bonds is 6. The molecule has 3 rings (SSSR count). The third-order valence-corrected chi connectivity index (χ3v) is 3.55. The Labute approximate surface area is 157 Å². The number of nitrogens with zero attached hydrogens (tertiary/aromatic N) is 4. The van der Waals surface area contributed by atoms with Crippen molar-refractivity contribution in [1.29, 1.82) is 0 Å². The number of amides is 1. The number of hydrogen-bond acceptors (Lipinski definition) is 6. The van der Waals surface area contributed by atoms with Gasteiger partial charge in [-0.1, -0.05) is 12.1 Å². The van der Waals surface area contributed by atoms with E-state index in [2.05, 4.69) is 30.8 Å². The summed E-state index contributed by atoms with van der Waals surface area (Å²) in [4.78, 5) is 12.6. The van der Waals surface area contributed by atoms with Crippen LogP contribution in [0.5, 0.6) is 5.75 Å². The van der Waals surface area contributed by atoms with Crippen LogP contribution in [0.4, 0.5) is 24.5 Å². The molecule has 0 saturated carbocycles. The Kier molecular flexibility index (Phi) is 5.43. The van der Waals surface area contributed by atoms with E-state index in [0.717, 1.165) is 4.80 Å². The van der Waals surface area contributed by atoms with E-state index in [1.54, 1.807) is 24.3 Å². The Hall–Kier alpha value is -3.63. The number of benzene rings is 2. The highest BCUT2D eigenvalue weighted by Gasteiger charge is 2.30. The SMILES string of the molecule is CNC(=O)Cn1nnc(-c2ccccc2Nc2ccc(OC(F)(F)F)cc2)n1. The number of likely N-dealkylation sites (N-methyl/N-ethyl adjacent to an activating group) is 1. The predicted octanol–water partition coefficient (Wildman–Crippen LogP) is 2.73. The van der Waals surface area contributed by atoms with Gasteiger partial charge in [0.15, 0.2) is 0 Å². The molecule has 3 aromatic rings.